The zero-order valence-electron chi connectivity index (χ0n) is 46.6. The summed E-state index contributed by atoms with van der Waals surface area (Å²) in [5.41, 5.74) is 4.85. The van der Waals surface area contributed by atoms with E-state index in [4.69, 9.17) is 23.7 Å². The lowest BCUT2D eigenvalue weighted by Gasteiger charge is -2.20. The number of imide groups is 1. The first kappa shape index (κ1) is 61.6. The summed E-state index contributed by atoms with van der Waals surface area (Å²) >= 11 is 0. The highest BCUT2D eigenvalue weighted by Gasteiger charge is 2.33. The van der Waals surface area contributed by atoms with Gasteiger partial charge in [-0.3, -0.25) is 48.2 Å². The summed E-state index contributed by atoms with van der Waals surface area (Å²) in [6.45, 7) is 10.7. The number of rotatable bonds is 30. The molecule has 0 saturated carbocycles. The molecule has 7 amide bonds. The van der Waals surface area contributed by atoms with Crippen LogP contribution in [0.4, 0.5) is 17.2 Å². The molecular formula is C57H73N11O13. The van der Waals surface area contributed by atoms with E-state index in [2.05, 4.69) is 57.0 Å². The Morgan fingerprint density at radius 2 is 1.47 bits per heavy atom. The average molecular weight is 1120 g/mol. The molecule has 3 aliphatic rings. The maximum atomic E-state index is 13.3. The van der Waals surface area contributed by atoms with Crippen LogP contribution in [0, 0.1) is 0 Å². The molecule has 0 radical (unpaired) electrons. The van der Waals surface area contributed by atoms with Crippen LogP contribution in [0.5, 0.6) is 11.5 Å². The number of carbonyl (C=O) groups excluding carboxylic acids is 8. The minimum atomic E-state index is -0.573. The number of nitrogens with one attached hydrogen (secondary N) is 5. The molecule has 1 fully saturated rings. The van der Waals surface area contributed by atoms with Crippen molar-refractivity contribution in [3.63, 3.8) is 0 Å². The number of aryl methyl sites for hydroxylation is 2. The van der Waals surface area contributed by atoms with E-state index < -0.39 is 23.7 Å². The molecule has 0 aliphatic carbocycles. The highest BCUT2D eigenvalue weighted by atomic mass is 16.5. The van der Waals surface area contributed by atoms with Gasteiger partial charge in [0, 0.05) is 108 Å². The van der Waals surface area contributed by atoms with Crippen molar-refractivity contribution in [1.29, 1.82) is 0 Å². The fraction of sp³-hybridized carbons (Fsp3) is 0.439. The first-order valence-corrected chi connectivity index (χ1v) is 27.0. The number of benzene rings is 2. The van der Waals surface area contributed by atoms with E-state index in [1.54, 1.807) is 37.5 Å². The maximum Gasteiger partial charge on any atom is 0.325 e. The lowest BCUT2D eigenvalue weighted by molar-refractivity contribution is -0.144. The van der Waals surface area contributed by atoms with Crippen LogP contribution >= 0.6 is 0 Å². The van der Waals surface area contributed by atoms with Crippen molar-refractivity contribution in [3.05, 3.63) is 90.7 Å². The number of esters is 1. The molecule has 0 spiro atoms. The van der Waals surface area contributed by atoms with Crippen LogP contribution < -0.4 is 36.1 Å². The van der Waals surface area contributed by atoms with Crippen LogP contribution in [-0.2, 0) is 57.1 Å². The molecule has 24 heteroatoms. The van der Waals surface area contributed by atoms with Crippen molar-refractivity contribution in [2.45, 2.75) is 71.3 Å². The van der Waals surface area contributed by atoms with E-state index in [-0.39, 0.29) is 120 Å². The second-order valence-electron chi connectivity index (χ2n) is 19.0. The van der Waals surface area contributed by atoms with Gasteiger partial charge in [0.2, 0.25) is 23.5 Å². The number of amides is 7. The Kier molecular flexibility index (Phi) is 23.7. The van der Waals surface area contributed by atoms with Crippen molar-refractivity contribution >= 4 is 76.4 Å². The van der Waals surface area contributed by atoms with Crippen molar-refractivity contribution in [2.75, 3.05) is 90.1 Å². The Labute approximate surface area is 470 Å². The SMILES string of the molecule is C=C(NCCCOC(=O)CNC(=O)CCOCCOCCNC(=O)CCN1C(=O)C=CC1=O)c1cc(-c2ccc(NC(=O)c3nc(NC(=O)CCCOc4cc5c(cc4OC)C(=O)N4CCCC4C=N5)cn3C)cc2)cn1C.CCC. The summed E-state index contributed by atoms with van der Waals surface area (Å²) in [5, 5.41) is 14.0. The highest BCUT2D eigenvalue weighted by Crippen LogP contribution is 2.38. The summed E-state index contributed by atoms with van der Waals surface area (Å²) < 4.78 is 31.0. The number of anilines is 2. The number of nitrogens with zero attached hydrogens (tertiary/aromatic N) is 6. The first-order chi connectivity index (χ1) is 39.1. The molecule has 5 heterocycles. The van der Waals surface area contributed by atoms with Gasteiger partial charge in [0.1, 0.15) is 6.54 Å². The second kappa shape index (κ2) is 31.2. The number of carbonyl (C=O) groups is 8. The molecule has 24 nitrogen and oxygen atoms in total. The lowest BCUT2D eigenvalue weighted by atomic mass is 10.1. The predicted octanol–water partition coefficient (Wildman–Crippen LogP) is 4.69. The number of methoxy groups -OCH3 is 1. The molecule has 1 saturated heterocycles. The van der Waals surface area contributed by atoms with Gasteiger partial charge in [-0.1, -0.05) is 39.0 Å². The summed E-state index contributed by atoms with van der Waals surface area (Å²) in [6, 6.07) is 12.6. The standard InChI is InChI=1S/C54H65N11O13.C3H8/c1-35(55-18-7-23-78-51(71)32-58-47(67)17-24-75-26-27-76-25-19-56-46(66)16-21-65-49(69)14-15-50(65)70)42-28-37(33-62(42)2)36-10-12-38(13-11-36)59-53(72)52-61-45(34-63(52)3)60-48(68)9-6-22-77-44-30-41-40(29-43(44)74-4)54(73)64-20-5-8-39(64)31-57-41;1-3-2/h10-15,28-31,33-34,39,55H,1,5-9,16-27,32H2,2-4H3,(H,56,66)(H,58,67)(H,59,72)(H,60,68);3H2,1-2H3. The molecule has 5 N–H and O–H groups in total. The predicted molar refractivity (Wildman–Crippen MR) is 302 cm³/mol. The zero-order valence-corrected chi connectivity index (χ0v) is 46.6. The topological polar surface area (TPSA) is 284 Å². The Balaban J connectivity index is 0.00000344. The van der Waals surface area contributed by atoms with Crippen LogP contribution in [0.25, 0.3) is 16.8 Å². The Bertz CT molecular complexity index is 2930. The molecule has 4 aromatic rings. The van der Waals surface area contributed by atoms with E-state index in [1.807, 2.05) is 47.1 Å². The summed E-state index contributed by atoms with van der Waals surface area (Å²) in [5.74, 6) is -1.83. The van der Waals surface area contributed by atoms with Crippen LogP contribution in [0.2, 0.25) is 0 Å². The normalized spacial score (nSPS) is 14.1. The number of hydrogen-bond donors (Lipinski definition) is 5. The number of ether oxygens (including phenoxy) is 5. The third kappa shape index (κ3) is 18.5. The van der Waals surface area contributed by atoms with Crippen LogP contribution in [0.15, 0.2) is 78.6 Å². The van der Waals surface area contributed by atoms with E-state index in [1.165, 1.54) is 30.2 Å². The minimum absolute atomic E-state index is 0.00701. The summed E-state index contributed by atoms with van der Waals surface area (Å²) in [6.07, 6.45) is 11.7. The molecule has 3 aliphatic heterocycles. The lowest BCUT2D eigenvalue weighted by Crippen LogP contribution is -2.35. The number of aromatic nitrogens is 3. The molecule has 0 bridgehead atoms. The molecule has 81 heavy (non-hydrogen) atoms. The van der Waals surface area contributed by atoms with Gasteiger partial charge in [-0.25, -0.2) is 4.98 Å². The Morgan fingerprint density at radius 3 is 2.21 bits per heavy atom. The van der Waals surface area contributed by atoms with Crippen molar-refractivity contribution in [2.24, 2.45) is 19.1 Å². The third-order valence-corrected chi connectivity index (χ3v) is 12.6. The summed E-state index contributed by atoms with van der Waals surface area (Å²) in [7, 11) is 5.06. The van der Waals surface area contributed by atoms with Gasteiger partial charge in [-0.05, 0) is 55.5 Å². The molecular weight excluding hydrogens is 1050 g/mol. The third-order valence-electron chi connectivity index (χ3n) is 12.6. The second-order valence-corrected chi connectivity index (χ2v) is 19.0. The van der Waals surface area contributed by atoms with Crippen molar-refractivity contribution in [1.82, 2.24) is 39.9 Å². The molecule has 7 rings (SSSR count). The molecule has 1 unspecified atom stereocenters. The van der Waals surface area contributed by atoms with Gasteiger partial charge >= 0.3 is 5.97 Å². The van der Waals surface area contributed by atoms with E-state index >= 15 is 0 Å². The van der Waals surface area contributed by atoms with Crippen molar-refractivity contribution < 1.29 is 62.0 Å². The highest BCUT2D eigenvalue weighted by molar-refractivity contribution is 6.13. The van der Waals surface area contributed by atoms with Crippen LogP contribution in [-0.4, -0.2) is 163 Å². The van der Waals surface area contributed by atoms with Gasteiger partial charge in [0.25, 0.3) is 23.6 Å². The summed E-state index contributed by atoms with van der Waals surface area (Å²) in [4.78, 5) is 110. The van der Waals surface area contributed by atoms with Gasteiger partial charge in [0.05, 0.1) is 75.4 Å². The number of fused-ring (bicyclic) bond motifs is 2. The fourth-order valence-corrected chi connectivity index (χ4v) is 8.53. The quantitative estimate of drug-likeness (QED) is 0.0269. The average Bonchev–Trinajstić information content (AvgIpc) is 4.24. The van der Waals surface area contributed by atoms with Crippen molar-refractivity contribution in [3.8, 4) is 22.6 Å². The Morgan fingerprint density at radius 1 is 0.741 bits per heavy atom. The van der Waals surface area contributed by atoms with Gasteiger partial charge < -0.3 is 64.3 Å². The Hall–Kier alpha value is -8.64. The van der Waals surface area contributed by atoms with Gasteiger partial charge in [-0.15, -0.1) is 0 Å². The smallest absolute Gasteiger partial charge is 0.325 e. The van der Waals surface area contributed by atoms with E-state index in [0.29, 0.717) is 60.1 Å². The van der Waals surface area contributed by atoms with E-state index in [9.17, 15) is 38.4 Å². The molecule has 2 aromatic heterocycles. The monoisotopic (exact) mass is 1120 g/mol. The van der Waals surface area contributed by atoms with E-state index in [0.717, 1.165) is 34.6 Å². The number of hydrogen-bond acceptors (Lipinski definition) is 16. The first-order valence-electron chi connectivity index (χ1n) is 27.0. The molecule has 434 valence electrons. The van der Waals surface area contributed by atoms with Crippen LogP contribution in [0.1, 0.15) is 91.9 Å². The number of aliphatic imine (C=N–C) groups is 1. The molecule has 1 atom stereocenters. The maximum absolute atomic E-state index is 13.3. The molecule has 2 aromatic carbocycles. The minimum Gasteiger partial charge on any atom is -0.493 e. The van der Waals surface area contributed by atoms with Crippen LogP contribution in [0.3, 0.4) is 0 Å². The zero-order chi connectivity index (χ0) is 58.3. The number of imidazole rings is 1. The van der Waals surface area contributed by atoms with Gasteiger partial charge in [-0.2, -0.15) is 0 Å². The van der Waals surface area contributed by atoms with Gasteiger partial charge in [0.15, 0.2) is 17.3 Å². The fourth-order valence-electron chi connectivity index (χ4n) is 8.53. The largest absolute Gasteiger partial charge is 0.493 e.